The summed E-state index contributed by atoms with van der Waals surface area (Å²) in [4.78, 5) is 17.1. The molecule has 28 heavy (non-hydrogen) atoms. The topological polar surface area (TPSA) is 51.2 Å². The van der Waals surface area contributed by atoms with E-state index in [-0.39, 0.29) is 5.91 Å². The third-order valence-corrected chi connectivity index (χ3v) is 4.52. The Kier molecular flexibility index (Phi) is 5.29. The molecule has 4 heteroatoms. The molecule has 1 heterocycles. The van der Waals surface area contributed by atoms with Gasteiger partial charge in [-0.25, -0.2) is 0 Å². The van der Waals surface area contributed by atoms with Crippen LogP contribution >= 0.6 is 0 Å². The Hall–Kier alpha value is -3.66. The lowest BCUT2D eigenvalue weighted by Crippen LogP contribution is -2.15. The zero-order valence-corrected chi connectivity index (χ0v) is 15.3. The number of nitrogens with zero attached hydrogens (tertiary/aromatic N) is 1. The molecule has 0 spiro atoms. The SMILES string of the molecule is O=C(Nc1ccccc1OCCc1ccccc1)c1nccc2ccccc12. The van der Waals surface area contributed by atoms with Crippen LogP contribution in [0, 0.1) is 0 Å². The number of carbonyl (C=O) groups excluding carboxylic acids is 1. The first kappa shape index (κ1) is 17.7. The van der Waals surface area contributed by atoms with Crippen molar-refractivity contribution >= 4 is 22.4 Å². The van der Waals surface area contributed by atoms with E-state index in [0.717, 1.165) is 17.2 Å². The van der Waals surface area contributed by atoms with Gasteiger partial charge in [0, 0.05) is 18.0 Å². The number of hydrogen-bond donors (Lipinski definition) is 1. The lowest BCUT2D eigenvalue weighted by molar-refractivity contribution is 0.102. The molecule has 0 aliphatic rings. The van der Waals surface area contributed by atoms with E-state index in [0.29, 0.717) is 23.7 Å². The Morgan fingerprint density at radius 3 is 2.50 bits per heavy atom. The van der Waals surface area contributed by atoms with Crippen molar-refractivity contribution in [1.29, 1.82) is 0 Å². The minimum Gasteiger partial charge on any atom is -0.491 e. The Morgan fingerprint density at radius 1 is 0.857 bits per heavy atom. The monoisotopic (exact) mass is 368 g/mol. The average molecular weight is 368 g/mol. The molecule has 1 N–H and O–H groups in total. The number of amides is 1. The average Bonchev–Trinajstić information content (AvgIpc) is 2.75. The van der Waals surface area contributed by atoms with Gasteiger partial charge < -0.3 is 10.1 Å². The van der Waals surface area contributed by atoms with Crippen molar-refractivity contribution in [1.82, 2.24) is 4.98 Å². The molecule has 0 fully saturated rings. The summed E-state index contributed by atoms with van der Waals surface area (Å²) in [5, 5.41) is 4.75. The summed E-state index contributed by atoms with van der Waals surface area (Å²) >= 11 is 0. The van der Waals surface area contributed by atoms with Crippen LogP contribution in [0.5, 0.6) is 5.75 Å². The normalized spacial score (nSPS) is 10.6. The zero-order valence-electron chi connectivity index (χ0n) is 15.3. The van der Waals surface area contributed by atoms with Gasteiger partial charge in [0.15, 0.2) is 0 Å². The van der Waals surface area contributed by atoms with E-state index in [4.69, 9.17) is 4.74 Å². The minimum atomic E-state index is -0.254. The van der Waals surface area contributed by atoms with Crippen molar-refractivity contribution in [2.75, 3.05) is 11.9 Å². The first-order valence-electron chi connectivity index (χ1n) is 9.22. The number of hydrogen-bond acceptors (Lipinski definition) is 3. The number of carbonyl (C=O) groups is 1. The maximum absolute atomic E-state index is 12.8. The third-order valence-electron chi connectivity index (χ3n) is 4.52. The predicted molar refractivity (Wildman–Crippen MR) is 112 cm³/mol. The Balaban J connectivity index is 1.49. The van der Waals surface area contributed by atoms with E-state index in [9.17, 15) is 4.79 Å². The van der Waals surface area contributed by atoms with Gasteiger partial charge in [-0.05, 0) is 29.1 Å². The van der Waals surface area contributed by atoms with Crippen molar-refractivity contribution in [3.05, 3.63) is 102 Å². The summed E-state index contributed by atoms with van der Waals surface area (Å²) in [5.74, 6) is 0.392. The van der Waals surface area contributed by atoms with Gasteiger partial charge >= 0.3 is 0 Å². The summed E-state index contributed by atoms with van der Waals surface area (Å²) < 4.78 is 5.93. The second kappa shape index (κ2) is 8.35. The highest BCUT2D eigenvalue weighted by atomic mass is 16.5. The highest BCUT2D eigenvalue weighted by Crippen LogP contribution is 2.25. The molecular weight excluding hydrogens is 348 g/mol. The van der Waals surface area contributed by atoms with E-state index in [1.165, 1.54) is 5.56 Å². The molecule has 0 bridgehead atoms. The third kappa shape index (κ3) is 4.01. The van der Waals surface area contributed by atoms with Gasteiger partial charge in [0.2, 0.25) is 0 Å². The number of nitrogens with one attached hydrogen (secondary N) is 1. The fourth-order valence-electron chi connectivity index (χ4n) is 3.10. The first-order chi connectivity index (χ1) is 13.8. The van der Waals surface area contributed by atoms with E-state index in [1.54, 1.807) is 6.20 Å². The number of aromatic nitrogens is 1. The van der Waals surface area contributed by atoms with E-state index in [1.807, 2.05) is 72.8 Å². The summed E-state index contributed by atoms with van der Waals surface area (Å²) in [6.07, 6.45) is 2.45. The summed E-state index contributed by atoms with van der Waals surface area (Å²) in [6.45, 7) is 0.531. The van der Waals surface area contributed by atoms with Gasteiger partial charge in [0.25, 0.3) is 5.91 Å². The van der Waals surface area contributed by atoms with Gasteiger partial charge in [-0.15, -0.1) is 0 Å². The highest BCUT2D eigenvalue weighted by molar-refractivity contribution is 6.11. The van der Waals surface area contributed by atoms with Crippen molar-refractivity contribution in [2.45, 2.75) is 6.42 Å². The molecule has 0 saturated heterocycles. The zero-order chi connectivity index (χ0) is 19.2. The number of fused-ring (bicyclic) bond motifs is 1. The number of para-hydroxylation sites is 2. The van der Waals surface area contributed by atoms with Crippen LogP contribution in [0.15, 0.2) is 91.1 Å². The van der Waals surface area contributed by atoms with Crippen molar-refractivity contribution < 1.29 is 9.53 Å². The number of rotatable bonds is 6. The van der Waals surface area contributed by atoms with Crippen molar-refractivity contribution in [3.8, 4) is 5.75 Å². The smallest absolute Gasteiger partial charge is 0.275 e. The van der Waals surface area contributed by atoms with Crippen LogP contribution in [0.25, 0.3) is 10.8 Å². The van der Waals surface area contributed by atoms with Gasteiger partial charge in [-0.2, -0.15) is 0 Å². The molecule has 0 atom stereocenters. The van der Waals surface area contributed by atoms with Crippen LogP contribution in [0.2, 0.25) is 0 Å². The van der Waals surface area contributed by atoms with E-state index < -0.39 is 0 Å². The summed E-state index contributed by atoms with van der Waals surface area (Å²) in [6, 6.07) is 27.2. The number of ether oxygens (including phenoxy) is 1. The van der Waals surface area contributed by atoms with Gasteiger partial charge in [0.05, 0.1) is 12.3 Å². The minimum absolute atomic E-state index is 0.254. The second-order valence-corrected chi connectivity index (χ2v) is 6.42. The molecule has 4 aromatic rings. The molecule has 0 saturated carbocycles. The number of benzene rings is 3. The molecule has 0 aliphatic carbocycles. The van der Waals surface area contributed by atoms with Gasteiger partial charge in [-0.3, -0.25) is 9.78 Å². The van der Waals surface area contributed by atoms with Gasteiger partial charge in [0.1, 0.15) is 11.4 Å². The second-order valence-electron chi connectivity index (χ2n) is 6.42. The molecule has 0 unspecified atom stereocenters. The molecular formula is C24H20N2O2. The Bertz CT molecular complexity index is 1090. The summed E-state index contributed by atoms with van der Waals surface area (Å²) in [7, 11) is 0. The first-order valence-corrected chi connectivity index (χ1v) is 9.22. The number of anilines is 1. The molecule has 138 valence electrons. The Labute approximate surface area is 163 Å². The van der Waals surface area contributed by atoms with E-state index in [2.05, 4.69) is 22.4 Å². The van der Waals surface area contributed by atoms with Crippen LogP contribution in [0.4, 0.5) is 5.69 Å². The molecule has 3 aromatic carbocycles. The van der Waals surface area contributed by atoms with Crippen LogP contribution < -0.4 is 10.1 Å². The lowest BCUT2D eigenvalue weighted by atomic mass is 10.1. The standard InChI is InChI=1S/C24H20N2O2/c27-24(23-20-11-5-4-10-19(20)14-16-25-23)26-21-12-6-7-13-22(21)28-17-15-18-8-2-1-3-9-18/h1-14,16H,15,17H2,(H,26,27). The fourth-order valence-corrected chi connectivity index (χ4v) is 3.10. The predicted octanol–water partition coefficient (Wildman–Crippen LogP) is 5.11. The molecule has 1 aromatic heterocycles. The van der Waals surface area contributed by atoms with Crippen molar-refractivity contribution in [2.24, 2.45) is 0 Å². The van der Waals surface area contributed by atoms with Crippen LogP contribution in [0.3, 0.4) is 0 Å². The van der Waals surface area contributed by atoms with Gasteiger partial charge in [-0.1, -0.05) is 66.7 Å². The van der Waals surface area contributed by atoms with Crippen LogP contribution in [-0.2, 0) is 6.42 Å². The largest absolute Gasteiger partial charge is 0.491 e. The Morgan fingerprint density at radius 2 is 1.61 bits per heavy atom. The van der Waals surface area contributed by atoms with Crippen molar-refractivity contribution in [3.63, 3.8) is 0 Å². The fraction of sp³-hybridized carbons (Fsp3) is 0.0833. The summed E-state index contributed by atoms with van der Waals surface area (Å²) in [5.41, 5.74) is 2.25. The number of pyridine rings is 1. The maximum Gasteiger partial charge on any atom is 0.275 e. The highest BCUT2D eigenvalue weighted by Gasteiger charge is 2.14. The lowest BCUT2D eigenvalue weighted by Gasteiger charge is -2.13. The molecule has 0 aliphatic heterocycles. The molecule has 4 rings (SSSR count). The quantitative estimate of drug-likeness (QED) is 0.515. The molecule has 0 radical (unpaired) electrons. The van der Waals surface area contributed by atoms with E-state index >= 15 is 0 Å². The maximum atomic E-state index is 12.8. The molecule has 4 nitrogen and oxygen atoms in total. The van der Waals surface area contributed by atoms with Crippen LogP contribution in [0.1, 0.15) is 16.1 Å². The van der Waals surface area contributed by atoms with Crippen LogP contribution in [-0.4, -0.2) is 17.5 Å². The molecule has 1 amide bonds.